The zero-order valence-corrected chi connectivity index (χ0v) is 17.8. The number of hydrogen-bond acceptors (Lipinski definition) is 9. The number of nitrogens with zero attached hydrogens (tertiary/aromatic N) is 4. The summed E-state index contributed by atoms with van der Waals surface area (Å²) in [5.41, 5.74) is 0.123. The van der Waals surface area contributed by atoms with Crippen molar-refractivity contribution in [3.05, 3.63) is 56.4 Å². The van der Waals surface area contributed by atoms with Gasteiger partial charge >= 0.3 is 5.69 Å². The molecule has 1 aliphatic heterocycles. The second kappa shape index (κ2) is 9.52. The highest BCUT2D eigenvalue weighted by Crippen LogP contribution is 2.14. The third-order valence-electron chi connectivity index (χ3n) is 4.90. The molecule has 3 heterocycles. The summed E-state index contributed by atoms with van der Waals surface area (Å²) in [5, 5.41) is 14.6. The molecular weight excluding hydrogens is 422 g/mol. The van der Waals surface area contributed by atoms with Crippen LogP contribution in [-0.4, -0.2) is 75.8 Å². The average Bonchev–Trinajstić information content (AvgIpc) is 3.14. The summed E-state index contributed by atoms with van der Waals surface area (Å²) < 4.78 is 15.8. The quantitative estimate of drug-likeness (QED) is 0.505. The molecule has 0 saturated carbocycles. The topological polar surface area (TPSA) is 122 Å². The van der Waals surface area contributed by atoms with E-state index >= 15 is 0 Å². The third kappa shape index (κ3) is 5.07. The first kappa shape index (κ1) is 21.4. The highest BCUT2D eigenvalue weighted by molar-refractivity contribution is 7.12. The Balaban J connectivity index is 1.38. The molecule has 2 N–H and O–H groups in total. The highest BCUT2D eigenvalue weighted by Gasteiger charge is 2.15. The average molecular weight is 446 g/mol. The van der Waals surface area contributed by atoms with Gasteiger partial charge in [-0.05, 0) is 48.3 Å². The van der Waals surface area contributed by atoms with Crippen LogP contribution in [0.4, 0.5) is 0 Å². The van der Waals surface area contributed by atoms with Crippen molar-refractivity contribution in [3.8, 4) is 5.75 Å². The molecule has 31 heavy (non-hydrogen) atoms. The molecule has 1 saturated heterocycles. The van der Waals surface area contributed by atoms with E-state index in [4.69, 9.17) is 9.47 Å². The van der Waals surface area contributed by atoms with E-state index in [2.05, 4.69) is 19.4 Å². The zero-order chi connectivity index (χ0) is 21.8. The van der Waals surface area contributed by atoms with Crippen LogP contribution >= 0.6 is 11.5 Å². The highest BCUT2D eigenvalue weighted by atomic mass is 32.1. The van der Waals surface area contributed by atoms with E-state index in [0.717, 1.165) is 29.3 Å². The number of nitrogens with one attached hydrogen (secondary N) is 1. The van der Waals surface area contributed by atoms with Crippen LogP contribution in [0.2, 0.25) is 0 Å². The van der Waals surface area contributed by atoms with E-state index < -0.39 is 17.4 Å². The van der Waals surface area contributed by atoms with E-state index in [9.17, 15) is 14.7 Å². The number of H-pyrrole nitrogens is 1. The molecule has 0 radical (unpaired) electrons. The van der Waals surface area contributed by atoms with Crippen LogP contribution in [0.5, 0.6) is 5.75 Å². The number of aromatic nitrogens is 3. The standard InChI is InChI=1S/C20H23N5O5S/c1-13-17-18(31-23-13)22-20(28)25(19(17)27)21-10-14-2-4-16(5-3-14)30-12-15(26)11-24-6-8-29-9-7-24/h2-5,10,15,26H,6-9,11-12H2,1H3,(H,22,28)/b21-10+. The number of benzene rings is 1. The van der Waals surface area contributed by atoms with Gasteiger partial charge in [0.25, 0.3) is 5.56 Å². The lowest BCUT2D eigenvalue weighted by Crippen LogP contribution is -2.42. The van der Waals surface area contributed by atoms with Gasteiger partial charge in [0, 0.05) is 19.6 Å². The van der Waals surface area contributed by atoms with Crippen molar-refractivity contribution in [1.29, 1.82) is 0 Å². The second-order valence-electron chi connectivity index (χ2n) is 7.21. The van der Waals surface area contributed by atoms with Crippen LogP contribution in [-0.2, 0) is 4.74 Å². The number of fused-ring (bicyclic) bond motifs is 1. The number of ether oxygens (including phenoxy) is 2. The molecule has 1 fully saturated rings. The summed E-state index contributed by atoms with van der Waals surface area (Å²) >= 11 is 1.07. The number of rotatable bonds is 7. The number of hydrogen-bond donors (Lipinski definition) is 2. The second-order valence-corrected chi connectivity index (χ2v) is 7.98. The number of morpholine rings is 1. The number of aliphatic hydroxyl groups excluding tert-OH is 1. The summed E-state index contributed by atoms with van der Waals surface area (Å²) in [5.74, 6) is 0.606. The lowest BCUT2D eigenvalue weighted by molar-refractivity contribution is 0.00465. The number of aryl methyl sites for hydroxylation is 1. The van der Waals surface area contributed by atoms with Gasteiger partial charge in [-0.3, -0.25) is 14.7 Å². The largest absolute Gasteiger partial charge is 0.491 e. The summed E-state index contributed by atoms with van der Waals surface area (Å²) in [6, 6.07) is 6.99. The fourth-order valence-corrected chi connectivity index (χ4v) is 4.04. The predicted molar refractivity (Wildman–Crippen MR) is 117 cm³/mol. The van der Waals surface area contributed by atoms with Crippen LogP contribution < -0.4 is 16.0 Å². The SMILES string of the molecule is Cc1nsc2[nH]c(=O)n(/N=C/c3ccc(OCC(O)CN4CCOCC4)cc3)c(=O)c12. The molecule has 0 aliphatic carbocycles. The number of β-amino-alcohol motifs (C(OH)–C–C–N with tert-alkyl or cyclic N) is 1. The van der Waals surface area contributed by atoms with Crippen LogP contribution in [0.15, 0.2) is 39.0 Å². The van der Waals surface area contributed by atoms with E-state index in [1.807, 2.05) is 0 Å². The summed E-state index contributed by atoms with van der Waals surface area (Å²) in [4.78, 5) is 29.9. The Labute approximate surface area is 181 Å². The maximum atomic E-state index is 12.5. The molecule has 10 nitrogen and oxygen atoms in total. The Morgan fingerprint density at radius 2 is 2.06 bits per heavy atom. The summed E-state index contributed by atoms with van der Waals surface area (Å²) in [6.45, 7) is 5.44. The minimum atomic E-state index is -0.619. The van der Waals surface area contributed by atoms with E-state index in [1.165, 1.54) is 6.21 Å². The van der Waals surface area contributed by atoms with Gasteiger partial charge in [0.05, 0.1) is 30.5 Å². The third-order valence-corrected chi connectivity index (χ3v) is 5.75. The van der Waals surface area contributed by atoms with Crippen LogP contribution in [0.25, 0.3) is 10.2 Å². The molecule has 3 aromatic rings. The first-order chi connectivity index (χ1) is 15.0. The molecule has 2 aromatic heterocycles. The maximum Gasteiger partial charge on any atom is 0.350 e. The van der Waals surface area contributed by atoms with Crippen molar-refractivity contribution < 1.29 is 14.6 Å². The normalized spacial score (nSPS) is 16.2. The molecule has 1 atom stereocenters. The molecule has 11 heteroatoms. The Morgan fingerprint density at radius 3 is 2.81 bits per heavy atom. The molecule has 164 valence electrons. The van der Waals surface area contributed by atoms with Crippen molar-refractivity contribution in [2.45, 2.75) is 13.0 Å². The van der Waals surface area contributed by atoms with Gasteiger partial charge in [-0.25, -0.2) is 4.79 Å². The molecule has 1 aromatic carbocycles. The Morgan fingerprint density at radius 1 is 1.32 bits per heavy atom. The molecule has 0 bridgehead atoms. The van der Waals surface area contributed by atoms with Gasteiger partial charge in [0.2, 0.25) is 0 Å². The van der Waals surface area contributed by atoms with Gasteiger partial charge in [0.15, 0.2) is 0 Å². The summed E-state index contributed by atoms with van der Waals surface area (Å²) in [6.07, 6.45) is 0.831. The van der Waals surface area contributed by atoms with Crippen LogP contribution in [0, 0.1) is 6.92 Å². The van der Waals surface area contributed by atoms with Gasteiger partial charge in [0.1, 0.15) is 23.3 Å². The van der Waals surface area contributed by atoms with E-state index in [-0.39, 0.29) is 6.61 Å². The van der Waals surface area contributed by atoms with Gasteiger partial charge < -0.3 is 14.6 Å². The lowest BCUT2D eigenvalue weighted by atomic mass is 10.2. The zero-order valence-electron chi connectivity index (χ0n) is 17.0. The van der Waals surface area contributed by atoms with Gasteiger partial charge in [-0.1, -0.05) is 0 Å². The molecule has 1 aliphatic rings. The molecule has 0 spiro atoms. The van der Waals surface area contributed by atoms with E-state index in [0.29, 0.717) is 47.0 Å². The molecular formula is C20H23N5O5S. The van der Waals surface area contributed by atoms with Crippen molar-refractivity contribution >= 4 is 28.0 Å². The van der Waals surface area contributed by atoms with Crippen molar-refractivity contribution in [2.75, 3.05) is 39.5 Å². The Kier molecular flexibility index (Phi) is 6.56. The summed E-state index contributed by atoms with van der Waals surface area (Å²) in [7, 11) is 0. The van der Waals surface area contributed by atoms with Crippen molar-refractivity contribution in [2.24, 2.45) is 5.10 Å². The monoisotopic (exact) mass is 445 g/mol. The van der Waals surface area contributed by atoms with Crippen molar-refractivity contribution in [3.63, 3.8) is 0 Å². The van der Waals surface area contributed by atoms with Gasteiger partial charge in [-0.2, -0.15) is 9.47 Å². The van der Waals surface area contributed by atoms with Crippen LogP contribution in [0.1, 0.15) is 11.3 Å². The molecule has 0 amide bonds. The fourth-order valence-electron chi connectivity index (χ4n) is 3.26. The number of aromatic amines is 1. The number of aliphatic hydroxyl groups is 1. The molecule has 4 rings (SSSR count). The maximum absolute atomic E-state index is 12.5. The first-order valence-electron chi connectivity index (χ1n) is 9.88. The first-order valence-corrected chi connectivity index (χ1v) is 10.7. The Hall–Kier alpha value is -2.86. The van der Waals surface area contributed by atoms with E-state index in [1.54, 1.807) is 31.2 Å². The fraction of sp³-hybridized carbons (Fsp3) is 0.400. The van der Waals surface area contributed by atoms with Gasteiger partial charge in [-0.15, -0.1) is 4.68 Å². The minimum Gasteiger partial charge on any atom is -0.491 e. The van der Waals surface area contributed by atoms with Crippen LogP contribution in [0.3, 0.4) is 0 Å². The lowest BCUT2D eigenvalue weighted by Gasteiger charge is -2.28. The minimum absolute atomic E-state index is 0.184. The Bertz CT molecular complexity index is 1180. The predicted octanol–water partition coefficient (Wildman–Crippen LogP) is 0.409. The van der Waals surface area contributed by atoms with Crippen molar-refractivity contribution in [1.82, 2.24) is 18.9 Å². The smallest absolute Gasteiger partial charge is 0.350 e. The molecule has 1 unspecified atom stereocenters.